The van der Waals surface area contributed by atoms with Gasteiger partial charge in [-0.15, -0.1) is 12.6 Å². The SMILES string of the molecule is O=[PH]([O-])OC(S)CCS.[Na+]. The molecule has 0 aromatic rings. The van der Waals surface area contributed by atoms with Crippen LogP contribution in [0.2, 0.25) is 0 Å². The van der Waals surface area contributed by atoms with Crippen LogP contribution < -0.4 is 34.5 Å². The van der Waals surface area contributed by atoms with E-state index in [-0.39, 0.29) is 29.6 Å². The summed E-state index contributed by atoms with van der Waals surface area (Å²) in [6.07, 6.45) is 0.533. The van der Waals surface area contributed by atoms with Crippen molar-refractivity contribution >= 4 is 33.5 Å². The van der Waals surface area contributed by atoms with Crippen molar-refractivity contribution in [2.75, 3.05) is 5.75 Å². The average molecular weight is 210 g/mol. The number of thiol groups is 2. The second kappa shape index (κ2) is 8.94. The van der Waals surface area contributed by atoms with Crippen molar-refractivity contribution < 1.29 is 43.5 Å². The van der Waals surface area contributed by atoms with Crippen LogP contribution in [0.5, 0.6) is 0 Å². The molecule has 0 spiro atoms. The van der Waals surface area contributed by atoms with Crippen LogP contribution >= 0.6 is 33.5 Å². The number of rotatable bonds is 4. The first-order chi connectivity index (χ1) is 4.16. The third-order valence-electron chi connectivity index (χ3n) is 0.608. The summed E-state index contributed by atoms with van der Waals surface area (Å²) in [5, 5.41) is 0. The largest absolute Gasteiger partial charge is 1.00 e. The number of hydrogen-bond acceptors (Lipinski definition) is 5. The molecule has 0 aromatic heterocycles. The van der Waals surface area contributed by atoms with Crippen LogP contribution in [0.4, 0.5) is 0 Å². The smallest absolute Gasteiger partial charge is 0.781 e. The Morgan fingerprint density at radius 1 is 1.70 bits per heavy atom. The maximum atomic E-state index is 9.86. The summed E-state index contributed by atoms with van der Waals surface area (Å²) in [5.74, 6) is 0.573. The minimum absolute atomic E-state index is 0. The van der Waals surface area contributed by atoms with Crippen molar-refractivity contribution in [1.29, 1.82) is 0 Å². The Balaban J connectivity index is 0. The van der Waals surface area contributed by atoms with Gasteiger partial charge in [0.2, 0.25) is 0 Å². The third kappa shape index (κ3) is 9.85. The summed E-state index contributed by atoms with van der Waals surface area (Å²) < 4.78 is 14.2. The van der Waals surface area contributed by atoms with Gasteiger partial charge in [-0.2, -0.15) is 12.6 Å². The van der Waals surface area contributed by atoms with Crippen LogP contribution in [0.15, 0.2) is 0 Å². The van der Waals surface area contributed by atoms with E-state index in [4.69, 9.17) is 0 Å². The second-order valence-electron chi connectivity index (χ2n) is 1.33. The molecule has 2 atom stereocenters. The first kappa shape index (κ1) is 14.4. The van der Waals surface area contributed by atoms with Gasteiger partial charge in [0, 0.05) is 0 Å². The molecule has 0 aliphatic rings. The topological polar surface area (TPSA) is 49.4 Å². The van der Waals surface area contributed by atoms with Crippen LogP contribution in [-0.2, 0) is 9.09 Å². The quantitative estimate of drug-likeness (QED) is 0.230. The van der Waals surface area contributed by atoms with Crippen LogP contribution in [0, 0.1) is 0 Å². The maximum absolute atomic E-state index is 9.86. The van der Waals surface area contributed by atoms with Crippen molar-refractivity contribution in [3.8, 4) is 0 Å². The minimum Gasteiger partial charge on any atom is -0.781 e. The molecule has 0 bridgehead atoms. The van der Waals surface area contributed by atoms with Gasteiger partial charge in [-0.1, -0.05) is 0 Å². The van der Waals surface area contributed by atoms with E-state index in [0.29, 0.717) is 12.2 Å². The molecule has 0 aliphatic heterocycles. The Morgan fingerprint density at radius 3 is 2.50 bits per heavy atom. The molecule has 56 valence electrons. The molecule has 0 saturated carbocycles. The Kier molecular flexibility index (Phi) is 12.9. The first-order valence-electron chi connectivity index (χ1n) is 2.33. The van der Waals surface area contributed by atoms with Crippen molar-refractivity contribution in [2.45, 2.75) is 11.9 Å². The zero-order valence-electron chi connectivity index (χ0n) is 5.61. The van der Waals surface area contributed by atoms with E-state index in [9.17, 15) is 9.46 Å². The predicted molar refractivity (Wildman–Crippen MR) is 41.3 cm³/mol. The van der Waals surface area contributed by atoms with Gasteiger partial charge in [0.15, 0.2) is 0 Å². The zero-order chi connectivity index (χ0) is 7.28. The molecule has 10 heavy (non-hydrogen) atoms. The fourth-order valence-electron chi connectivity index (χ4n) is 0.280. The summed E-state index contributed by atoms with van der Waals surface area (Å²) in [4.78, 5) is 9.86. The molecule has 3 nitrogen and oxygen atoms in total. The fraction of sp³-hybridized carbons (Fsp3) is 1.00. The van der Waals surface area contributed by atoms with E-state index in [0.717, 1.165) is 0 Å². The van der Waals surface area contributed by atoms with Crippen LogP contribution in [0.3, 0.4) is 0 Å². The monoisotopic (exact) mass is 210 g/mol. The first-order valence-corrected chi connectivity index (χ1v) is 4.70. The molecule has 0 aromatic carbocycles. The van der Waals surface area contributed by atoms with Gasteiger partial charge in [-0.05, 0) is 12.2 Å². The molecule has 0 radical (unpaired) electrons. The fourth-order valence-corrected chi connectivity index (χ4v) is 1.45. The van der Waals surface area contributed by atoms with Gasteiger partial charge in [0.05, 0.1) is 0 Å². The molecular formula is C3H8NaO3PS2. The normalized spacial score (nSPS) is 15.5. The Bertz CT molecular complexity index is 104. The minimum atomic E-state index is -3.07. The molecule has 0 rings (SSSR count). The molecule has 0 amide bonds. The average Bonchev–Trinajstić information content (AvgIpc) is 1.63. The van der Waals surface area contributed by atoms with E-state index < -0.39 is 13.7 Å². The van der Waals surface area contributed by atoms with Gasteiger partial charge >= 0.3 is 29.6 Å². The van der Waals surface area contributed by atoms with Crippen molar-refractivity contribution in [3.05, 3.63) is 0 Å². The molecule has 0 saturated heterocycles. The van der Waals surface area contributed by atoms with Crippen molar-refractivity contribution in [2.24, 2.45) is 0 Å². The summed E-state index contributed by atoms with van der Waals surface area (Å²) in [6.45, 7) is 0. The summed E-state index contributed by atoms with van der Waals surface area (Å²) in [5.41, 5.74) is -0.522. The van der Waals surface area contributed by atoms with Crippen LogP contribution in [0.25, 0.3) is 0 Å². The van der Waals surface area contributed by atoms with E-state index in [2.05, 4.69) is 29.8 Å². The molecule has 0 N–H and O–H groups in total. The molecule has 0 fully saturated rings. The Hall–Kier alpha value is 1.85. The van der Waals surface area contributed by atoms with Gasteiger partial charge < -0.3 is 14.0 Å². The Labute approximate surface area is 94.0 Å². The molecule has 0 aliphatic carbocycles. The van der Waals surface area contributed by atoms with Crippen molar-refractivity contribution in [1.82, 2.24) is 0 Å². The van der Waals surface area contributed by atoms with Gasteiger partial charge in [0.25, 0.3) is 0 Å². The van der Waals surface area contributed by atoms with E-state index in [1.165, 1.54) is 0 Å². The van der Waals surface area contributed by atoms with Gasteiger partial charge in [-0.3, -0.25) is 0 Å². The van der Waals surface area contributed by atoms with E-state index in [1.54, 1.807) is 0 Å². The zero-order valence-corrected chi connectivity index (χ0v) is 10.4. The standard InChI is InChI=1S/C3H9O3PS2.Na/c4-7(5)6-3(9)1-2-8;/h3,7-9H,1-2H2,(H,4,5);/q;+1/p-1. The van der Waals surface area contributed by atoms with E-state index >= 15 is 0 Å². The summed E-state index contributed by atoms with van der Waals surface area (Å²) in [7, 11) is -3.07. The summed E-state index contributed by atoms with van der Waals surface area (Å²) in [6, 6.07) is 0. The second-order valence-corrected chi connectivity index (χ2v) is 3.09. The van der Waals surface area contributed by atoms with Gasteiger partial charge in [-0.25, -0.2) is 0 Å². The molecule has 2 unspecified atom stereocenters. The van der Waals surface area contributed by atoms with Crippen LogP contribution in [-0.4, -0.2) is 11.2 Å². The number of hydrogen-bond donors (Lipinski definition) is 2. The summed E-state index contributed by atoms with van der Waals surface area (Å²) >= 11 is 7.66. The van der Waals surface area contributed by atoms with Crippen LogP contribution in [0.1, 0.15) is 6.42 Å². The molecule has 0 heterocycles. The van der Waals surface area contributed by atoms with Gasteiger partial charge in [0.1, 0.15) is 13.7 Å². The molecule has 7 heteroatoms. The van der Waals surface area contributed by atoms with E-state index in [1.807, 2.05) is 0 Å². The maximum Gasteiger partial charge on any atom is 1.00 e. The van der Waals surface area contributed by atoms with Crippen molar-refractivity contribution in [3.63, 3.8) is 0 Å². The predicted octanol–water partition coefficient (Wildman–Crippen LogP) is -2.67. The third-order valence-corrected chi connectivity index (χ3v) is 1.91. The Morgan fingerprint density at radius 2 is 2.20 bits per heavy atom. The molecular weight excluding hydrogens is 202 g/mol.